The van der Waals surface area contributed by atoms with Gasteiger partial charge in [-0.05, 0) is 12.8 Å². The van der Waals surface area contributed by atoms with Crippen LogP contribution in [0.3, 0.4) is 0 Å². The van der Waals surface area contributed by atoms with E-state index in [4.69, 9.17) is 9.84 Å². The third-order valence-corrected chi connectivity index (χ3v) is 2.78. The highest BCUT2D eigenvalue weighted by Crippen LogP contribution is 2.36. The minimum atomic E-state index is -0.906. The first-order chi connectivity index (χ1) is 7.20. The molecule has 5 heteroatoms. The van der Waals surface area contributed by atoms with Crippen LogP contribution in [-0.4, -0.2) is 28.0 Å². The molecule has 82 valence electrons. The molecule has 1 aromatic heterocycles. The highest BCUT2D eigenvalue weighted by molar-refractivity contribution is 5.66. The summed E-state index contributed by atoms with van der Waals surface area (Å²) in [5.41, 5.74) is 0.958. The van der Waals surface area contributed by atoms with Crippen LogP contribution >= 0.6 is 0 Å². The molecule has 15 heavy (non-hydrogen) atoms. The van der Waals surface area contributed by atoms with Crippen molar-refractivity contribution in [2.75, 3.05) is 7.11 Å². The molecule has 0 saturated heterocycles. The molecule has 1 fully saturated rings. The summed E-state index contributed by atoms with van der Waals surface area (Å²) in [6, 6.07) is 1.84. The average Bonchev–Trinajstić information content (AvgIpc) is 2.43. The van der Waals surface area contributed by atoms with Gasteiger partial charge in [0, 0.05) is 12.0 Å². The Bertz CT molecular complexity index is 369. The SMILES string of the molecule is COc1cc(C2CCC2)nn1CC(=O)O. The Hall–Kier alpha value is -1.52. The lowest BCUT2D eigenvalue weighted by Gasteiger charge is -2.22. The fourth-order valence-electron chi connectivity index (χ4n) is 1.73. The molecule has 1 aliphatic rings. The van der Waals surface area contributed by atoms with Crippen LogP contribution in [0.4, 0.5) is 0 Å². The van der Waals surface area contributed by atoms with Gasteiger partial charge < -0.3 is 9.84 Å². The number of carboxylic acid groups (broad SMARTS) is 1. The third-order valence-electron chi connectivity index (χ3n) is 2.78. The highest BCUT2D eigenvalue weighted by atomic mass is 16.5. The molecular weight excluding hydrogens is 196 g/mol. The Balaban J connectivity index is 2.19. The van der Waals surface area contributed by atoms with E-state index in [9.17, 15) is 4.79 Å². The third kappa shape index (κ3) is 1.95. The van der Waals surface area contributed by atoms with Crippen LogP contribution in [0.1, 0.15) is 30.9 Å². The first-order valence-corrected chi connectivity index (χ1v) is 5.04. The number of methoxy groups -OCH3 is 1. The molecule has 0 spiro atoms. The quantitative estimate of drug-likeness (QED) is 0.812. The summed E-state index contributed by atoms with van der Waals surface area (Å²) in [4.78, 5) is 10.6. The van der Waals surface area contributed by atoms with Gasteiger partial charge in [-0.1, -0.05) is 6.42 Å². The molecule has 5 nitrogen and oxygen atoms in total. The fourth-order valence-corrected chi connectivity index (χ4v) is 1.73. The van der Waals surface area contributed by atoms with Crippen molar-refractivity contribution in [3.05, 3.63) is 11.8 Å². The lowest BCUT2D eigenvalue weighted by Crippen LogP contribution is -2.13. The first kappa shape index (κ1) is 10.0. The van der Waals surface area contributed by atoms with Gasteiger partial charge in [0.15, 0.2) is 0 Å². The lowest BCUT2D eigenvalue weighted by molar-refractivity contribution is -0.138. The summed E-state index contributed by atoms with van der Waals surface area (Å²) in [6.07, 6.45) is 3.53. The van der Waals surface area contributed by atoms with Crippen LogP contribution in [0.15, 0.2) is 6.07 Å². The number of carbonyl (C=O) groups is 1. The maximum atomic E-state index is 10.6. The second-order valence-corrected chi connectivity index (χ2v) is 3.79. The normalized spacial score (nSPS) is 16.1. The van der Waals surface area contributed by atoms with Gasteiger partial charge in [0.1, 0.15) is 6.54 Å². The zero-order valence-corrected chi connectivity index (χ0v) is 8.64. The molecule has 1 N–H and O–H groups in total. The van der Waals surface area contributed by atoms with E-state index >= 15 is 0 Å². The molecule has 1 saturated carbocycles. The predicted molar refractivity (Wildman–Crippen MR) is 53.0 cm³/mol. The van der Waals surface area contributed by atoms with E-state index in [0.717, 1.165) is 18.5 Å². The fraction of sp³-hybridized carbons (Fsp3) is 0.600. The largest absolute Gasteiger partial charge is 0.481 e. The Morgan fingerprint density at radius 1 is 1.73 bits per heavy atom. The molecular formula is C10H14N2O3. The molecule has 0 bridgehead atoms. The van der Waals surface area contributed by atoms with E-state index in [1.807, 2.05) is 6.07 Å². The van der Waals surface area contributed by atoms with Crippen LogP contribution < -0.4 is 4.74 Å². The second kappa shape index (κ2) is 3.92. The summed E-state index contributed by atoms with van der Waals surface area (Å²) >= 11 is 0. The van der Waals surface area contributed by atoms with Crippen molar-refractivity contribution in [3.63, 3.8) is 0 Å². The van der Waals surface area contributed by atoms with E-state index in [1.54, 1.807) is 0 Å². The zero-order valence-electron chi connectivity index (χ0n) is 8.64. The molecule has 1 aromatic rings. The van der Waals surface area contributed by atoms with E-state index in [2.05, 4.69) is 5.10 Å². The number of hydrogen-bond acceptors (Lipinski definition) is 3. The highest BCUT2D eigenvalue weighted by Gasteiger charge is 2.24. The van der Waals surface area contributed by atoms with E-state index in [-0.39, 0.29) is 6.54 Å². The van der Waals surface area contributed by atoms with E-state index in [1.165, 1.54) is 18.2 Å². The molecule has 1 heterocycles. The number of hydrogen-bond donors (Lipinski definition) is 1. The molecule has 2 rings (SSSR count). The van der Waals surface area contributed by atoms with E-state index in [0.29, 0.717) is 11.8 Å². The van der Waals surface area contributed by atoms with Gasteiger partial charge in [-0.25, -0.2) is 4.68 Å². The van der Waals surface area contributed by atoms with Gasteiger partial charge in [0.2, 0.25) is 5.88 Å². The zero-order chi connectivity index (χ0) is 10.8. The monoisotopic (exact) mass is 210 g/mol. The Morgan fingerprint density at radius 3 is 2.93 bits per heavy atom. The molecule has 0 atom stereocenters. The van der Waals surface area contributed by atoms with Crippen molar-refractivity contribution in [1.82, 2.24) is 9.78 Å². The smallest absolute Gasteiger partial charge is 0.325 e. The molecule has 0 amide bonds. The van der Waals surface area contributed by atoms with Crippen LogP contribution in [-0.2, 0) is 11.3 Å². The Kier molecular flexibility index (Phi) is 2.62. The minimum Gasteiger partial charge on any atom is -0.481 e. The number of rotatable bonds is 4. The number of aliphatic carboxylic acids is 1. The van der Waals surface area contributed by atoms with Crippen LogP contribution in [0.2, 0.25) is 0 Å². The standard InChI is InChI=1S/C10H14N2O3/c1-15-9-5-8(7-3-2-4-7)11-12(9)6-10(13)14/h5,7H,2-4,6H2,1H3,(H,13,14). The maximum absolute atomic E-state index is 10.6. The topological polar surface area (TPSA) is 64.4 Å². The van der Waals surface area contributed by atoms with Crippen molar-refractivity contribution < 1.29 is 14.6 Å². The van der Waals surface area contributed by atoms with Crippen molar-refractivity contribution in [1.29, 1.82) is 0 Å². The Morgan fingerprint density at radius 2 is 2.47 bits per heavy atom. The van der Waals surface area contributed by atoms with Gasteiger partial charge in [-0.2, -0.15) is 5.10 Å². The number of aromatic nitrogens is 2. The van der Waals surface area contributed by atoms with Gasteiger partial charge in [0.05, 0.1) is 12.8 Å². The number of ether oxygens (including phenoxy) is 1. The van der Waals surface area contributed by atoms with E-state index < -0.39 is 5.97 Å². The van der Waals surface area contributed by atoms with Gasteiger partial charge in [-0.3, -0.25) is 4.79 Å². The molecule has 0 unspecified atom stereocenters. The van der Waals surface area contributed by atoms with Crippen LogP contribution in [0.5, 0.6) is 5.88 Å². The minimum absolute atomic E-state index is 0.143. The molecule has 0 aliphatic heterocycles. The maximum Gasteiger partial charge on any atom is 0.325 e. The summed E-state index contributed by atoms with van der Waals surface area (Å²) in [5, 5.41) is 12.9. The van der Waals surface area contributed by atoms with Crippen molar-refractivity contribution in [2.24, 2.45) is 0 Å². The Labute approximate surface area is 87.7 Å². The van der Waals surface area contributed by atoms with Crippen LogP contribution in [0.25, 0.3) is 0 Å². The molecule has 1 aliphatic carbocycles. The second-order valence-electron chi connectivity index (χ2n) is 3.79. The summed E-state index contributed by atoms with van der Waals surface area (Å²) in [6.45, 7) is -0.143. The summed E-state index contributed by atoms with van der Waals surface area (Å²) < 4.78 is 6.48. The lowest BCUT2D eigenvalue weighted by atomic mass is 9.83. The molecule has 0 aromatic carbocycles. The number of carboxylic acids is 1. The summed E-state index contributed by atoms with van der Waals surface area (Å²) in [5.74, 6) is 0.116. The van der Waals surface area contributed by atoms with Crippen LogP contribution in [0, 0.1) is 0 Å². The van der Waals surface area contributed by atoms with Gasteiger partial charge in [-0.15, -0.1) is 0 Å². The average molecular weight is 210 g/mol. The first-order valence-electron chi connectivity index (χ1n) is 5.04. The predicted octanol–water partition coefficient (Wildman–Crippen LogP) is 1.24. The van der Waals surface area contributed by atoms with Gasteiger partial charge in [0.25, 0.3) is 0 Å². The number of nitrogens with zero attached hydrogens (tertiary/aromatic N) is 2. The molecule has 0 radical (unpaired) electrons. The van der Waals surface area contributed by atoms with Crippen molar-refractivity contribution in [2.45, 2.75) is 31.7 Å². The van der Waals surface area contributed by atoms with Gasteiger partial charge >= 0.3 is 5.97 Å². The van der Waals surface area contributed by atoms with Crippen molar-refractivity contribution >= 4 is 5.97 Å². The summed E-state index contributed by atoms with van der Waals surface area (Å²) in [7, 11) is 1.53. The van der Waals surface area contributed by atoms with Crippen molar-refractivity contribution in [3.8, 4) is 5.88 Å².